The number of thiazole rings is 1. The third kappa shape index (κ3) is 2.97. The first-order valence-corrected chi connectivity index (χ1v) is 5.18. The molecule has 0 saturated carbocycles. The van der Waals surface area contributed by atoms with E-state index in [9.17, 15) is 4.79 Å². The summed E-state index contributed by atoms with van der Waals surface area (Å²) in [5.41, 5.74) is 0. The number of carboxylic acids is 1. The van der Waals surface area contributed by atoms with Gasteiger partial charge in [-0.2, -0.15) is 0 Å². The number of carbonyl (C=O) groups is 1. The van der Waals surface area contributed by atoms with Crippen LogP contribution in [0, 0.1) is 0 Å². The number of rotatable bonds is 4. The maximum absolute atomic E-state index is 10.3. The Morgan fingerprint density at radius 3 is 2.85 bits per heavy atom. The van der Waals surface area contributed by atoms with Gasteiger partial charge >= 0.3 is 5.97 Å². The summed E-state index contributed by atoms with van der Waals surface area (Å²) < 4.78 is 0. The molecule has 0 radical (unpaired) electrons. The van der Waals surface area contributed by atoms with Crippen molar-refractivity contribution in [3.63, 3.8) is 0 Å². The molecule has 1 aromatic heterocycles. The molecule has 0 spiro atoms. The summed E-state index contributed by atoms with van der Waals surface area (Å²) in [6, 6.07) is 0. The summed E-state index contributed by atoms with van der Waals surface area (Å²) in [5.74, 6) is -0.803. The number of hydrogen-bond acceptors (Lipinski definition) is 3. The molecule has 0 aliphatic rings. The van der Waals surface area contributed by atoms with E-state index in [4.69, 9.17) is 16.7 Å². The molecule has 0 saturated heterocycles. The summed E-state index contributed by atoms with van der Waals surface area (Å²) in [5, 5.41) is 9.90. The molecule has 0 bridgehead atoms. The third-order valence-corrected chi connectivity index (χ3v) is 3.25. The second kappa shape index (κ2) is 4.58. The lowest BCUT2D eigenvalue weighted by molar-refractivity contribution is -0.136. The van der Waals surface area contributed by atoms with Gasteiger partial charge in [0, 0.05) is 4.88 Å². The van der Waals surface area contributed by atoms with Gasteiger partial charge in [0.2, 0.25) is 0 Å². The molecule has 13 heavy (non-hydrogen) atoms. The molecule has 5 heteroatoms. The van der Waals surface area contributed by atoms with Crippen molar-refractivity contribution in [2.45, 2.75) is 26.2 Å². The van der Waals surface area contributed by atoms with Crippen LogP contribution in [-0.2, 0) is 17.6 Å². The fourth-order valence-electron chi connectivity index (χ4n) is 0.905. The molecular weight excluding hydrogens is 210 g/mol. The van der Waals surface area contributed by atoms with Crippen molar-refractivity contribution in [2.24, 2.45) is 0 Å². The molecular formula is C8H10ClNO2S. The molecule has 0 amide bonds. The van der Waals surface area contributed by atoms with Crippen molar-refractivity contribution in [3.8, 4) is 0 Å². The number of hydrogen-bond donors (Lipinski definition) is 1. The Morgan fingerprint density at radius 1 is 1.69 bits per heavy atom. The maximum Gasteiger partial charge on any atom is 0.303 e. The van der Waals surface area contributed by atoms with E-state index in [1.807, 2.05) is 6.92 Å². The summed E-state index contributed by atoms with van der Waals surface area (Å²) in [4.78, 5) is 15.3. The van der Waals surface area contributed by atoms with E-state index in [1.165, 1.54) is 11.3 Å². The number of aliphatic carboxylic acids is 1. The Balaban J connectivity index is 2.65. The van der Waals surface area contributed by atoms with Crippen molar-refractivity contribution in [2.75, 3.05) is 0 Å². The zero-order valence-electron chi connectivity index (χ0n) is 7.21. The van der Waals surface area contributed by atoms with Crippen LogP contribution in [0.2, 0.25) is 5.15 Å². The first-order valence-electron chi connectivity index (χ1n) is 3.99. The zero-order chi connectivity index (χ0) is 9.84. The predicted octanol–water partition coefficient (Wildman–Crippen LogP) is 2.38. The average molecular weight is 220 g/mol. The fraction of sp³-hybridized carbons (Fsp3) is 0.500. The molecule has 0 aliphatic heterocycles. The van der Waals surface area contributed by atoms with E-state index < -0.39 is 5.97 Å². The summed E-state index contributed by atoms with van der Waals surface area (Å²) >= 11 is 7.31. The van der Waals surface area contributed by atoms with Crippen LogP contribution >= 0.6 is 22.9 Å². The second-order valence-electron chi connectivity index (χ2n) is 2.57. The molecule has 0 unspecified atom stereocenters. The Bertz CT molecular complexity index is 311. The van der Waals surface area contributed by atoms with E-state index in [0.717, 1.165) is 16.3 Å². The van der Waals surface area contributed by atoms with Gasteiger partial charge < -0.3 is 5.11 Å². The lowest BCUT2D eigenvalue weighted by Gasteiger charge is -1.91. The van der Waals surface area contributed by atoms with Crippen LogP contribution in [0.25, 0.3) is 0 Å². The normalized spacial score (nSPS) is 10.3. The predicted molar refractivity (Wildman–Crippen MR) is 52.5 cm³/mol. The number of halogens is 1. The SMILES string of the molecule is CCc1nc(Cl)c(CCC(=O)O)s1. The molecule has 3 nitrogen and oxygen atoms in total. The molecule has 0 aromatic carbocycles. The topological polar surface area (TPSA) is 50.2 Å². The molecule has 1 heterocycles. The number of nitrogens with zero attached hydrogens (tertiary/aromatic N) is 1. The standard InChI is InChI=1S/C8H10ClNO2S/c1-2-6-10-8(9)5(13-6)3-4-7(11)12/h2-4H2,1H3,(H,11,12). The van der Waals surface area contributed by atoms with Crippen LogP contribution < -0.4 is 0 Å². The van der Waals surface area contributed by atoms with Gasteiger partial charge in [0.1, 0.15) is 5.15 Å². The largest absolute Gasteiger partial charge is 0.481 e. The minimum absolute atomic E-state index is 0.116. The van der Waals surface area contributed by atoms with Crippen molar-refractivity contribution in [1.29, 1.82) is 0 Å². The van der Waals surface area contributed by atoms with Crippen molar-refractivity contribution >= 4 is 28.9 Å². The van der Waals surface area contributed by atoms with E-state index >= 15 is 0 Å². The van der Waals surface area contributed by atoms with Crippen LogP contribution in [0.3, 0.4) is 0 Å². The van der Waals surface area contributed by atoms with Gasteiger partial charge in [0.25, 0.3) is 0 Å². The first kappa shape index (κ1) is 10.5. The van der Waals surface area contributed by atoms with E-state index in [2.05, 4.69) is 4.98 Å². The minimum Gasteiger partial charge on any atom is -0.481 e. The highest BCUT2D eigenvalue weighted by atomic mass is 35.5. The Kier molecular flexibility index (Phi) is 3.69. The number of aromatic nitrogens is 1. The maximum atomic E-state index is 10.3. The lowest BCUT2D eigenvalue weighted by Crippen LogP contribution is -1.96. The smallest absolute Gasteiger partial charge is 0.303 e. The molecule has 72 valence electrons. The van der Waals surface area contributed by atoms with Gasteiger partial charge in [0.15, 0.2) is 0 Å². The highest BCUT2D eigenvalue weighted by molar-refractivity contribution is 7.12. The zero-order valence-corrected chi connectivity index (χ0v) is 8.78. The number of carboxylic acid groups (broad SMARTS) is 1. The number of aryl methyl sites for hydroxylation is 2. The Hall–Kier alpha value is -0.610. The first-order chi connectivity index (χ1) is 6.13. The average Bonchev–Trinajstić information content (AvgIpc) is 2.43. The Morgan fingerprint density at radius 2 is 2.38 bits per heavy atom. The Labute approximate surface area is 85.4 Å². The molecule has 0 aliphatic carbocycles. The monoisotopic (exact) mass is 219 g/mol. The van der Waals surface area contributed by atoms with Gasteiger partial charge in [-0.05, 0) is 12.8 Å². The van der Waals surface area contributed by atoms with Gasteiger partial charge in [-0.25, -0.2) is 4.98 Å². The van der Waals surface area contributed by atoms with Crippen LogP contribution in [0.4, 0.5) is 0 Å². The molecule has 1 aromatic rings. The lowest BCUT2D eigenvalue weighted by atomic mass is 10.3. The quantitative estimate of drug-likeness (QED) is 0.846. The third-order valence-electron chi connectivity index (χ3n) is 1.56. The highest BCUT2D eigenvalue weighted by Crippen LogP contribution is 2.24. The van der Waals surface area contributed by atoms with Crippen LogP contribution in [0.1, 0.15) is 23.2 Å². The van der Waals surface area contributed by atoms with Crippen LogP contribution in [-0.4, -0.2) is 16.1 Å². The van der Waals surface area contributed by atoms with Gasteiger partial charge in [-0.15, -0.1) is 11.3 Å². The van der Waals surface area contributed by atoms with Crippen LogP contribution in [0.15, 0.2) is 0 Å². The summed E-state index contributed by atoms with van der Waals surface area (Å²) in [6.07, 6.45) is 1.44. The van der Waals surface area contributed by atoms with Crippen molar-refractivity contribution < 1.29 is 9.90 Å². The van der Waals surface area contributed by atoms with Gasteiger partial charge in [-0.1, -0.05) is 18.5 Å². The van der Waals surface area contributed by atoms with Gasteiger partial charge in [0.05, 0.1) is 11.4 Å². The molecule has 0 atom stereocenters. The highest BCUT2D eigenvalue weighted by Gasteiger charge is 2.09. The van der Waals surface area contributed by atoms with E-state index in [0.29, 0.717) is 11.6 Å². The molecule has 1 N–H and O–H groups in total. The van der Waals surface area contributed by atoms with Crippen molar-refractivity contribution in [1.82, 2.24) is 4.98 Å². The fourth-order valence-corrected chi connectivity index (χ4v) is 2.17. The molecule has 0 fully saturated rings. The second-order valence-corrected chi connectivity index (χ2v) is 4.10. The van der Waals surface area contributed by atoms with Gasteiger partial charge in [-0.3, -0.25) is 4.79 Å². The van der Waals surface area contributed by atoms with Crippen molar-refractivity contribution in [3.05, 3.63) is 15.0 Å². The van der Waals surface area contributed by atoms with E-state index in [-0.39, 0.29) is 6.42 Å². The minimum atomic E-state index is -0.803. The summed E-state index contributed by atoms with van der Waals surface area (Å²) in [6.45, 7) is 2.00. The van der Waals surface area contributed by atoms with Crippen LogP contribution in [0.5, 0.6) is 0 Å². The van der Waals surface area contributed by atoms with E-state index in [1.54, 1.807) is 0 Å². The summed E-state index contributed by atoms with van der Waals surface area (Å²) in [7, 11) is 0. The molecule has 1 rings (SSSR count).